The standard InChI is InChI=1S/C24H31N3O5S/c1-18-9-11-22(12-10-18)33(30,31)26-21-8-3-6-19(16-21)24(29)27-14-4-7-20(17-27)23(28)25-13-5-15-32-2/h3,6,8-12,16,20,26H,4-5,7,13-15,17H2,1-2H3,(H,25,28). The Morgan fingerprint density at radius 2 is 1.91 bits per heavy atom. The molecule has 1 fully saturated rings. The normalized spacial score (nSPS) is 16.3. The molecule has 33 heavy (non-hydrogen) atoms. The number of nitrogens with zero attached hydrogens (tertiary/aromatic N) is 1. The number of ether oxygens (including phenoxy) is 1. The topological polar surface area (TPSA) is 105 Å². The van der Waals surface area contributed by atoms with Crippen LogP contribution in [0.1, 0.15) is 35.2 Å². The number of carbonyl (C=O) groups is 2. The van der Waals surface area contributed by atoms with E-state index in [4.69, 9.17) is 4.74 Å². The molecule has 9 heteroatoms. The van der Waals surface area contributed by atoms with Crippen molar-refractivity contribution in [3.63, 3.8) is 0 Å². The van der Waals surface area contributed by atoms with Crippen molar-refractivity contribution in [2.75, 3.05) is 38.1 Å². The van der Waals surface area contributed by atoms with Gasteiger partial charge in [0.05, 0.1) is 10.8 Å². The van der Waals surface area contributed by atoms with Crippen molar-refractivity contribution < 1.29 is 22.7 Å². The summed E-state index contributed by atoms with van der Waals surface area (Å²) in [5, 5.41) is 2.91. The van der Waals surface area contributed by atoms with Crippen molar-refractivity contribution in [3.05, 3.63) is 59.7 Å². The molecule has 1 atom stereocenters. The van der Waals surface area contributed by atoms with E-state index in [1.54, 1.807) is 54.5 Å². The van der Waals surface area contributed by atoms with Crippen LogP contribution >= 0.6 is 0 Å². The zero-order valence-electron chi connectivity index (χ0n) is 19.0. The fourth-order valence-corrected chi connectivity index (χ4v) is 4.83. The Hall–Kier alpha value is -2.91. The maximum Gasteiger partial charge on any atom is 0.261 e. The third-order valence-corrected chi connectivity index (χ3v) is 6.99. The molecule has 2 aromatic carbocycles. The van der Waals surface area contributed by atoms with Crippen molar-refractivity contribution in [1.29, 1.82) is 0 Å². The van der Waals surface area contributed by atoms with Gasteiger partial charge in [0, 0.05) is 44.6 Å². The van der Waals surface area contributed by atoms with E-state index >= 15 is 0 Å². The summed E-state index contributed by atoms with van der Waals surface area (Å²) in [6.07, 6.45) is 2.21. The minimum Gasteiger partial charge on any atom is -0.385 e. The van der Waals surface area contributed by atoms with E-state index in [0.717, 1.165) is 24.8 Å². The van der Waals surface area contributed by atoms with Crippen molar-refractivity contribution in [2.45, 2.75) is 31.1 Å². The van der Waals surface area contributed by atoms with Crippen LogP contribution in [0.4, 0.5) is 5.69 Å². The molecule has 8 nitrogen and oxygen atoms in total. The van der Waals surface area contributed by atoms with Crippen LogP contribution in [0.2, 0.25) is 0 Å². The lowest BCUT2D eigenvalue weighted by Crippen LogP contribution is -2.45. The van der Waals surface area contributed by atoms with Gasteiger partial charge in [-0.15, -0.1) is 0 Å². The zero-order valence-corrected chi connectivity index (χ0v) is 19.9. The zero-order chi connectivity index (χ0) is 23.8. The molecule has 1 aliphatic heterocycles. The molecule has 0 aromatic heterocycles. The van der Waals surface area contributed by atoms with E-state index in [-0.39, 0.29) is 22.6 Å². The molecule has 2 aromatic rings. The van der Waals surface area contributed by atoms with E-state index in [0.29, 0.717) is 37.5 Å². The van der Waals surface area contributed by atoms with Crippen molar-refractivity contribution >= 4 is 27.5 Å². The van der Waals surface area contributed by atoms with E-state index in [1.807, 2.05) is 6.92 Å². The number of rotatable bonds is 9. The summed E-state index contributed by atoms with van der Waals surface area (Å²) in [5.74, 6) is -0.528. The van der Waals surface area contributed by atoms with Crippen LogP contribution in [0.25, 0.3) is 0 Å². The first-order chi connectivity index (χ1) is 15.8. The molecule has 1 aliphatic rings. The monoisotopic (exact) mass is 473 g/mol. The van der Waals surface area contributed by atoms with E-state index in [1.165, 1.54) is 6.07 Å². The molecule has 1 unspecified atom stereocenters. The average molecular weight is 474 g/mol. The van der Waals surface area contributed by atoms with Crippen LogP contribution in [0.5, 0.6) is 0 Å². The SMILES string of the molecule is COCCCNC(=O)C1CCCN(C(=O)c2cccc(NS(=O)(=O)c3ccc(C)cc3)c2)C1. The molecular weight excluding hydrogens is 442 g/mol. The van der Waals surface area contributed by atoms with Crippen LogP contribution in [0, 0.1) is 12.8 Å². The first-order valence-electron chi connectivity index (χ1n) is 11.1. The fraction of sp³-hybridized carbons (Fsp3) is 0.417. The first-order valence-corrected chi connectivity index (χ1v) is 12.5. The summed E-state index contributed by atoms with van der Waals surface area (Å²) in [5.41, 5.74) is 1.65. The predicted octanol–water partition coefficient (Wildman–Crippen LogP) is 2.80. The number of aryl methyl sites for hydroxylation is 1. The Bertz CT molecular complexity index is 1070. The maximum absolute atomic E-state index is 13.1. The molecule has 0 saturated carbocycles. The highest BCUT2D eigenvalue weighted by molar-refractivity contribution is 7.92. The minimum absolute atomic E-state index is 0.0526. The van der Waals surface area contributed by atoms with Gasteiger partial charge in [-0.2, -0.15) is 0 Å². The Morgan fingerprint density at radius 3 is 2.64 bits per heavy atom. The number of sulfonamides is 1. The molecule has 2 N–H and O–H groups in total. The number of methoxy groups -OCH3 is 1. The van der Waals surface area contributed by atoms with Gasteiger partial charge in [0.25, 0.3) is 15.9 Å². The molecule has 0 radical (unpaired) electrons. The second-order valence-corrected chi connectivity index (χ2v) is 9.91. The molecule has 0 aliphatic carbocycles. The van der Waals surface area contributed by atoms with Gasteiger partial charge in [-0.1, -0.05) is 23.8 Å². The fourth-order valence-electron chi connectivity index (χ4n) is 3.78. The third-order valence-electron chi connectivity index (χ3n) is 5.60. The van der Waals surface area contributed by atoms with Gasteiger partial charge in [0.2, 0.25) is 5.91 Å². The molecule has 1 saturated heterocycles. The Labute approximate surface area is 195 Å². The summed E-state index contributed by atoms with van der Waals surface area (Å²) in [7, 11) is -2.15. The number of carbonyl (C=O) groups excluding carboxylic acids is 2. The molecule has 178 valence electrons. The summed E-state index contributed by atoms with van der Waals surface area (Å²) in [6, 6.07) is 13.0. The lowest BCUT2D eigenvalue weighted by atomic mass is 9.96. The number of likely N-dealkylation sites (tertiary alicyclic amines) is 1. The predicted molar refractivity (Wildman–Crippen MR) is 127 cm³/mol. The lowest BCUT2D eigenvalue weighted by molar-refractivity contribution is -0.126. The van der Waals surface area contributed by atoms with Crippen LogP contribution in [0.3, 0.4) is 0 Å². The second-order valence-electron chi connectivity index (χ2n) is 8.23. The van der Waals surface area contributed by atoms with E-state index in [9.17, 15) is 18.0 Å². The number of hydrogen-bond acceptors (Lipinski definition) is 5. The number of piperidine rings is 1. The van der Waals surface area contributed by atoms with Gasteiger partial charge < -0.3 is 15.0 Å². The Morgan fingerprint density at radius 1 is 1.15 bits per heavy atom. The number of benzene rings is 2. The number of anilines is 1. The van der Waals surface area contributed by atoms with Crippen LogP contribution in [-0.2, 0) is 19.6 Å². The highest BCUT2D eigenvalue weighted by Crippen LogP contribution is 2.22. The van der Waals surface area contributed by atoms with Crippen LogP contribution in [0.15, 0.2) is 53.4 Å². The Balaban J connectivity index is 1.65. The second kappa shape index (κ2) is 11.3. The highest BCUT2D eigenvalue weighted by atomic mass is 32.2. The van der Waals surface area contributed by atoms with Crippen molar-refractivity contribution in [1.82, 2.24) is 10.2 Å². The molecule has 1 heterocycles. The van der Waals surface area contributed by atoms with Gasteiger partial charge in [-0.3, -0.25) is 14.3 Å². The number of amides is 2. The number of nitrogens with one attached hydrogen (secondary N) is 2. The summed E-state index contributed by atoms with van der Waals surface area (Å²) < 4.78 is 32.9. The van der Waals surface area contributed by atoms with Gasteiger partial charge in [-0.25, -0.2) is 8.42 Å². The summed E-state index contributed by atoms with van der Waals surface area (Å²) in [4.78, 5) is 27.4. The van der Waals surface area contributed by atoms with E-state index < -0.39 is 10.0 Å². The molecule has 0 spiro atoms. The van der Waals surface area contributed by atoms with Crippen LogP contribution in [-0.4, -0.2) is 58.5 Å². The van der Waals surface area contributed by atoms with Crippen LogP contribution < -0.4 is 10.0 Å². The minimum atomic E-state index is -3.77. The van der Waals surface area contributed by atoms with E-state index in [2.05, 4.69) is 10.0 Å². The maximum atomic E-state index is 13.1. The summed E-state index contributed by atoms with van der Waals surface area (Å²) in [6.45, 7) is 3.91. The molecular formula is C24H31N3O5S. The smallest absolute Gasteiger partial charge is 0.261 e. The first kappa shape index (κ1) is 24.7. The lowest BCUT2D eigenvalue weighted by Gasteiger charge is -2.32. The Kier molecular flexibility index (Phi) is 8.46. The highest BCUT2D eigenvalue weighted by Gasteiger charge is 2.29. The molecule has 2 amide bonds. The van der Waals surface area contributed by atoms with Crippen molar-refractivity contribution in [2.24, 2.45) is 5.92 Å². The summed E-state index contributed by atoms with van der Waals surface area (Å²) >= 11 is 0. The van der Waals surface area contributed by atoms with Gasteiger partial charge in [0.15, 0.2) is 0 Å². The largest absolute Gasteiger partial charge is 0.385 e. The van der Waals surface area contributed by atoms with Gasteiger partial charge >= 0.3 is 0 Å². The van der Waals surface area contributed by atoms with Gasteiger partial charge in [0.1, 0.15) is 0 Å². The average Bonchev–Trinajstić information content (AvgIpc) is 2.81. The third kappa shape index (κ3) is 6.79. The quantitative estimate of drug-likeness (QED) is 0.545. The molecule has 0 bridgehead atoms. The number of hydrogen-bond donors (Lipinski definition) is 2. The van der Waals surface area contributed by atoms with Gasteiger partial charge in [-0.05, 0) is 56.5 Å². The molecule has 3 rings (SSSR count). The van der Waals surface area contributed by atoms with Crippen molar-refractivity contribution in [3.8, 4) is 0 Å².